The number of rotatable bonds is 6. The number of hydrogen-bond acceptors (Lipinski definition) is 7. The zero-order chi connectivity index (χ0) is 24.4. The molecular formula is C25H23IN2O5S. The van der Waals surface area contributed by atoms with E-state index in [0.29, 0.717) is 42.1 Å². The number of carbonyl (C=O) groups excluding carboxylic acids is 1. The molecule has 176 valence electrons. The molecule has 4 rings (SSSR count). The molecule has 1 atom stereocenters. The molecule has 1 aliphatic heterocycles. The number of ether oxygens (including phenoxy) is 2. The van der Waals surface area contributed by atoms with Crippen molar-refractivity contribution in [2.75, 3.05) is 13.2 Å². The summed E-state index contributed by atoms with van der Waals surface area (Å²) in [6.07, 6.45) is 1.75. The summed E-state index contributed by atoms with van der Waals surface area (Å²) in [6.45, 7) is 5.97. The highest BCUT2D eigenvalue weighted by atomic mass is 127. The molecule has 1 N–H and O–H groups in total. The highest BCUT2D eigenvalue weighted by Crippen LogP contribution is 2.33. The Hall–Kier alpha value is -2.92. The van der Waals surface area contributed by atoms with E-state index in [2.05, 4.69) is 4.99 Å². The summed E-state index contributed by atoms with van der Waals surface area (Å²) in [7, 11) is 0. The van der Waals surface area contributed by atoms with Crippen molar-refractivity contribution in [3.8, 4) is 11.5 Å². The average Bonchev–Trinajstić information content (AvgIpc) is 3.11. The van der Waals surface area contributed by atoms with Gasteiger partial charge in [-0.1, -0.05) is 41.7 Å². The molecule has 34 heavy (non-hydrogen) atoms. The van der Waals surface area contributed by atoms with Gasteiger partial charge in [-0.05, 0) is 72.7 Å². The van der Waals surface area contributed by atoms with Crippen LogP contribution in [0, 0.1) is 3.57 Å². The third-order valence-corrected chi connectivity index (χ3v) is 7.09. The number of phenolic OH excluding ortho intramolecular Hbond substituents is 1. The van der Waals surface area contributed by atoms with Crippen LogP contribution in [0.3, 0.4) is 0 Å². The molecule has 2 heterocycles. The van der Waals surface area contributed by atoms with Crippen molar-refractivity contribution in [3.05, 3.63) is 88.1 Å². The van der Waals surface area contributed by atoms with Gasteiger partial charge in [-0.3, -0.25) is 9.36 Å². The minimum absolute atomic E-state index is 0.0693. The van der Waals surface area contributed by atoms with E-state index in [1.54, 1.807) is 36.6 Å². The van der Waals surface area contributed by atoms with Crippen LogP contribution in [0.4, 0.5) is 0 Å². The van der Waals surface area contributed by atoms with E-state index in [1.807, 2.05) is 59.8 Å². The second-order valence-electron chi connectivity index (χ2n) is 7.50. The lowest BCUT2D eigenvalue weighted by atomic mass is 9.96. The topological polar surface area (TPSA) is 90.1 Å². The lowest BCUT2D eigenvalue weighted by Gasteiger charge is -2.24. The SMILES string of the molecule is CCOC(=O)C1=C(C)N=c2s/c(=C/c3cc(I)c(O)c(OCC)c3)c(=O)n2[C@@H]1c1ccccc1. The van der Waals surface area contributed by atoms with Crippen molar-refractivity contribution in [2.45, 2.75) is 26.8 Å². The first-order valence-electron chi connectivity index (χ1n) is 10.8. The summed E-state index contributed by atoms with van der Waals surface area (Å²) in [5.74, 6) is -0.0582. The quantitative estimate of drug-likeness (QED) is 0.351. The third-order valence-electron chi connectivity index (χ3n) is 5.28. The van der Waals surface area contributed by atoms with Crippen LogP contribution in [0.15, 0.2) is 63.5 Å². The number of fused-ring (bicyclic) bond motifs is 1. The normalized spacial score (nSPS) is 15.6. The van der Waals surface area contributed by atoms with Gasteiger partial charge in [0.25, 0.3) is 5.56 Å². The molecule has 1 aromatic heterocycles. The van der Waals surface area contributed by atoms with Gasteiger partial charge in [0.2, 0.25) is 0 Å². The van der Waals surface area contributed by atoms with Gasteiger partial charge >= 0.3 is 5.97 Å². The van der Waals surface area contributed by atoms with Crippen molar-refractivity contribution in [3.63, 3.8) is 0 Å². The first kappa shape index (κ1) is 24.2. The smallest absolute Gasteiger partial charge is 0.338 e. The van der Waals surface area contributed by atoms with Crippen molar-refractivity contribution in [1.29, 1.82) is 0 Å². The molecule has 0 bridgehead atoms. The largest absolute Gasteiger partial charge is 0.504 e. The molecule has 2 aromatic carbocycles. The average molecular weight is 590 g/mol. The predicted octanol–water partition coefficient (Wildman–Crippen LogP) is 3.51. The summed E-state index contributed by atoms with van der Waals surface area (Å²) in [5, 5.41) is 10.2. The van der Waals surface area contributed by atoms with Gasteiger partial charge in [0.15, 0.2) is 16.3 Å². The molecule has 0 spiro atoms. The monoisotopic (exact) mass is 590 g/mol. The molecule has 7 nitrogen and oxygen atoms in total. The van der Waals surface area contributed by atoms with Crippen LogP contribution in [-0.4, -0.2) is 28.9 Å². The van der Waals surface area contributed by atoms with E-state index >= 15 is 0 Å². The molecule has 0 aliphatic carbocycles. The van der Waals surface area contributed by atoms with E-state index in [0.717, 1.165) is 5.56 Å². The van der Waals surface area contributed by atoms with Crippen LogP contribution in [0.2, 0.25) is 0 Å². The Morgan fingerprint density at radius 3 is 2.65 bits per heavy atom. The van der Waals surface area contributed by atoms with E-state index < -0.39 is 12.0 Å². The van der Waals surface area contributed by atoms with Crippen molar-refractivity contribution < 1.29 is 19.4 Å². The molecule has 0 fully saturated rings. The van der Waals surface area contributed by atoms with Crippen molar-refractivity contribution in [1.82, 2.24) is 4.57 Å². The zero-order valence-electron chi connectivity index (χ0n) is 18.9. The van der Waals surface area contributed by atoms with E-state index in [-0.39, 0.29) is 17.9 Å². The van der Waals surface area contributed by atoms with Crippen LogP contribution < -0.4 is 19.6 Å². The zero-order valence-corrected chi connectivity index (χ0v) is 21.8. The number of phenols is 1. The van der Waals surface area contributed by atoms with Crippen LogP contribution in [0.25, 0.3) is 6.08 Å². The Kier molecular flexibility index (Phi) is 7.22. The standard InChI is InChI=1S/C25H23IN2O5S/c1-4-32-18-12-15(11-17(26)22(18)29)13-19-23(30)28-21(16-9-7-6-8-10-16)20(24(31)33-5-2)14(3)27-25(28)34-19/h6-13,21,29H,4-5H2,1-3H3/b19-13+/t21-/m1/s1. The molecule has 0 radical (unpaired) electrons. The fourth-order valence-electron chi connectivity index (χ4n) is 3.84. The lowest BCUT2D eigenvalue weighted by molar-refractivity contribution is -0.139. The summed E-state index contributed by atoms with van der Waals surface area (Å²) < 4.78 is 13.5. The fraction of sp³-hybridized carbons (Fsp3) is 0.240. The van der Waals surface area contributed by atoms with Gasteiger partial charge in [0, 0.05) is 0 Å². The highest BCUT2D eigenvalue weighted by molar-refractivity contribution is 14.1. The molecule has 0 unspecified atom stereocenters. The highest BCUT2D eigenvalue weighted by Gasteiger charge is 2.33. The minimum Gasteiger partial charge on any atom is -0.504 e. The second kappa shape index (κ2) is 10.1. The van der Waals surface area contributed by atoms with Crippen LogP contribution in [-0.2, 0) is 9.53 Å². The summed E-state index contributed by atoms with van der Waals surface area (Å²) in [6, 6.07) is 12.2. The van der Waals surface area contributed by atoms with Gasteiger partial charge in [-0.15, -0.1) is 0 Å². The number of esters is 1. The number of benzene rings is 2. The molecule has 9 heteroatoms. The van der Waals surface area contributed by atoms with E-state index in [9.17, 15) is 14.7 Å². The van der Waals surface area contributed by atoms with Crippen LogP contribution in [0.5, 0.6) is 11.5 Å². The molecule has 1 aliphatic rings. The molecular weight excluding hydrogens is 567 g/mol. The van der Waals surface area contributed by atoms with Gasteiger partial charge in [0.1, 0.15) is 0 Å². The Morgan fingerprint density at radius 2 is 1.97 bits per heavy atom. The lowest BCUT2D eigenvalue weighted by Crippen LogP contribution is -2.39. The predicted molar refractivity (Wildman–Crippen MR) is 139 cm³/mol. The molecule has 0 saturated heterocycles. The Balaban J connectivity index is 1.93. The molecule has 3 aromatic rings. The summed E-state index contributed by atoms with van der Waals surface area (Å²) in [4.78, 5) is 31.6. The maximum Gasteiger partial charge on any atom is 0.338 e. The Morgan fingerprint density at radius 1 is 1.24 bits per heavy atom. The van der Waals surface area contributed by atoms with Gasteiger partial charge in [-0.25, -0.2) is 9.79 Å². The third kappa shape index (κ3) is 4.54. The van der Waals surface area contributed by atoms with Crippen molar-refractivity contribution in [2.24, 2.45) is 4.99 Å². The number of allylic oxidation sites excluding steroid dienone is 1. The van der Waals surface area contributed by atoms with Crippen LogP contribution in [0.1, 0.15) is 37.9 Å². The number of hydrogen-bond donors (Lipinski definition) is 1. The number of halogens is 1. The summed E-state index contributed by atoms with van der Waals surface area (Å²) >= 11 is 3.28. The minimum atomic E-state index is -0.641. The van der Waals surface area contributed by atoms with E-state index in [4.69, 9.17) is 9.47 Å². The van der Waals surface area contributed by atoms with Gasteiger partial charge in [0.05, 0.1) is 38.6 Å². The van der Waals surface area contributed by atoms with Crippen LogP contribution >= 0.6 is 33.9 Å². The number of thiazole rings is 1. The van der Waals surface area contributed by atoms with E-state index in [1.165, 1.54) is 11.3 Å². The summed E-state index contributed by atoms with van der Waals surface area (Å²) in [5.41, 5.74) is 2.13. The van der Waals surface area contributed by atoms with Gasteiger partial charge < -0.3 is 14.6 Å². The Bertz CT molecular complexity index is 1460. The maximum atomic E-state index is 13.6. The Labute approximate surface area is 213 Å². The maximum absolute atomic E-state index is 13.6. The fourth-order valence-corrected chi connectivity index (χ4v) is 5.51. The number of nitrogens with zero attached hydrogens (tertiary/aromatic N) is 2. The number of aromatic nitrogens is 1. The number of aromatic hydroxyl groups is 1. The first-order chi connectivity index (χ1) is 16.3. The number of carbonyl (C=O) groups is 1. The molecule has 0 amide bonds. The molecule has 0 saturated carbocycles. The van der Waals surface area contributed by atoms with Crippen molar-refractivity contribution >= 4 is 46.0 Å². The van der Waals surface area contributed by atoms with Gasteiger partial charge in [-0.2, -0.15) is 0 Å². The first-order valence-corrected chi connectivity index (χ1v) is 12.6. The second-order valence-corrected chi connectivity index (χ2v) is 9.67.